The minimum atomic E-state index is 0.714. The number of nitrogens with one attached hydrogen (secondary N) is 1. The number of likely N-dealkylation sites (N-methyl/N-ethyl adjacent to an activating group) is 1. The van der Waals surface area contributed by atoms with E-state index in [1.165, 1.54) is 71.2 Å². The summed E-state index contributed by atoms with van der Waals surface area (Å²) in [5.74, 6) is 0. The number of nitrogens with zero attached hydrogens (tertiary/aromatic N) is 2. The first-order valence-corrected chi connectivity index (χ1v) is 7.91. The Kier molecular flexibility index (Phi) is 5.93. The van der Waals surface area contributed by atoms with Crippen molar-refractivity contribution in [2.45, 2.75) is 57.5 Å². The zero-order valence-corrected chi connectivity index (χ0v) is 12.3. The first kappa shape index (κ1) is 14.3. The van der Waals surface area contributed by atoms with Gasteiger partial charge in [0.15, 0.2) is 0 Å². The van der Waals surface area contributed by atoms with Gasteiger partial charge in [0.05, 0.1) is 0 Å². The molecule has 1 N–H and O–H groups in total. The van der Waals surface area contributed by atoms with E-state index in [9.17, 15) is 0 Å². The molecule has 1 unspecified atom stereocenters. The summed E-state index contributed by atoms with van der Waals surface area (Å²) in [4.78, 5) is 5.14. The first-order valence-electron chi connectivity index (χ1n) is 7.91. The lowest BCUT2D eigenvalue weighted by molar-refractivity contribution is 0.198. The molecule has 2 rings (SSSR count). The number of hydrogen-bond donors (Lipinski definition) is 1. The van der Waals surface area contributed by atoms with Crippen molar-refractivity contribution in [2.75, 3.05) is 39.8 Å². The van der Waals surface area contributed by atoms with E-state index in [2.05, 4.69) is 29.1 Å². The van der Waals surface area contributed by atoms with E-state index < -0.39 is 0 Å². The Morgan fingerprint density at radius 3 is 2.61 bits per heavy atom. The molecule has 1 saturated heterocycles. The molecule has 2 aliphatic rings. The summed E-state index contributed by atoms with van der Waals surface area (Å²) >= 11 is 0. The van der Waals surface area contributed by atoms with E-state index in [-0.39, 0.29) is 0 Å². The smallest absolute Gasteiger partial charge is 0.0195 e. The van der Waals surface area contributed by atoms with Crippen LogP contribution in [0.2, 0.25) is 0 Å². The molecule has 3 nitrogen and oxygen atoms in total. The van der Waals surface area contributed by atoms with Gasteiger partial charge in [0.25, 0.3) is 0 Å². The molecular weight excluding hydrogens is 222 g/mol. The van der Waals surface area contributed by atoms with Gasteiger partial charge < -0.3 is 10.2 Å². The van der Waals surface area contributed by atoms with Crippen molar-refractivity contribution in [3.8, 4) is 0 Å². The lowest BCUT2D eigenvalue weighted by Crippen LogP contribution is -2.43. The second-order valence-corrected chi connectivity index (χ2v) is 6.29. The lowest BCUT2D eigenvalue weighted by atomic mass is 9.95. The zero-order chi connectivity index (χ0) is 12.8. The summed E-state index contributed by atoms with van der Waals surface area (Å²) in [6, 6.07) is 1.52. The Labute approximate surface area is 113 Å². The van der Waals surface area contributed by atoms with E-state index in [4.69, 9.17) is 0 Å². The molecule has 0 aromatic rings. The van der Waals surface area contributed by atoms with E-state index in [0.717, 1.165) is 6.04 Å². The second-order valence-electron chi connectivity index (χ2n) is 6.29. The molecule has 106 valence electrons. The molecule has 1 aliphatic carbocycles. The summed E-state index contributed by atoms with van der Waals surface area (Å²) in [7, 11) is 2.25. The molecule has 0 spiro atoms. The van der Waals surface area contributed by atoms with Crippen molar-refractivity contribution in [1.82, 2.24) is 15.1 Å². The van der Waals surface area contributed by atoms with Crippen LogP contribution in [-0.2, 0) is 0 Å². The predicted octanol–water partition coefficient (Wildman–Crippen LogP) is 1.93. The maximum absolute atomic E-state index is 3.77. The van der Waals surface area contributed by atoms with Crippen LogP contribution in [0, 0.1) is 0 Å². The molecule has 18 heavy (non-hydrogen) atoms. The molecule has 1 aliphatic heterocycles. The Morgan fingerprint density at radius 2 is 1.83 bits per heavy atom. The third-order valence-corrected chi connectivity index (χ3v) is 4.62. The van der Waals surface area contributed by atoms with E-state index >= 15 is 0 Å². The highest BCUT2D eigenvalue weighted by molar-refractivity contribution is 4.77. The molecule has 0 aromatic heterocycles. The molecule has 2 fully saturated rings. The maximum atomic E-state index is 3.77. The molecule has 0 bridgehead atoms. The van der Waals surface area contributed by atoms with E-state index in [1.54, 1.807) is 0 Å². The van der Waals surface area contributed by atoms with E-state index in [1.807, 2.05) is 0 Å². The van der Waals surface area contributed by atoms with Gasteiger partial charge >= 0.3 is 0 Å². The Hall–Kier alpha value is -0.120. The average Bonchev–Trinajstić information content (AvgIpc) is 2.52. The fourth-order valence-corrected chi connectivity index (χ4v) is 3.47. The summed E-state index contributed by atoms with van der Waals surface area (Å²) < 4.78 is 0. The quantitative estimate of drug-likeness (QED) is 0.826. The third-order valence-electron chi connectivity index (χ3n) is 4.62. The SMILES string of the molecule is CC1CN(C)CCCN1CCNC1CCCCC1. The number of hydrogen-bond acceptors (Lipinski definition) is 3. The van der Waals surface area contributed by atoms with Gasteiger partial charge in [0.1, 0.15) is 0 Å². The summed E-state index contributed by atoms with van der Waals surface area (Å²) in [5, 5.41) is 3.77. The van der Waals surface area contributed by atoms with Crippen LogP contribution >= 0.6 is 0 Å². The monoisotopic (exact) mass is 253 g/mol. The maximum Gasteiger partial charge on any atom is 0.0195 e. The van der Waals surface area contributed by atoms with E-state index in [0.29, 0.717) is 6.04 Å². The van der Waals surface area contributed by atoms with Crippen molar-refractivity contribution in [3.63, 3.8) is 0 Å². The van der Waals surface area contributed by atoms with Crippen molar-refractivity contribution < 1.29 is 0 Å². The van der Waals surface area contributed by atoms with Crippen LogP contribution in [0.3, 0.4) is 0 Å². The largest absolute Gasteiger partial charge is 0.313 e. The van der Waals surface area contributed by atoms with Crippen LogP contribution in [0.25, 0.3) is 0 Å². The molecule has 0 amide bonds. The molecule has 0 aromatic carbocycles. The second kappa shape index (κ2) is 7.46. The highest BCUT2D eigenvalue weighted by Gasteiger charge is 2.19. The molecule has 0 radical (unpaired) electrons. The van der Waals surface area contributed by atoms with Gasteiger partial charge in [-0.15, -0.1) is 0 Å². The van der Waals surface area contributed by atoms with Crippen molar-refractivity contribution in [3.05, 3.63) is 0 Å². The molecule has 1 heterocycles. The lowest BCUT2D eigenvalue weighted by Gasteiger charge is -2.29. The van der Waals surface area contributed by atoms with Crippen LogP contribution in [0.4, 0.5) is 0 Å². The van der Waals surface area contributed by atoms with Crippen LogP contribution in [0.1, 0.15) is 45.4 Å². The van der Waals surface area contributed by atoms with Gasteiger partial charge in [-0.3, -0.25) is 4.90 Å². The molecule has 1 atom stereocenters. The van der Waals surface area contributed by atoms with Crippen LogP contribution in [-0.4, -0.2) is 61.7 Å². The standard InChI is InChI=1S/C15H31N3/c1-14-13-17(2)10-6-11-18(14)12-9-16-15-7-4-3-5-8-15/h14-16H,3-13H2,1-2H3. The first-order chi connectivity index (χ1) is 8.75. The van der Waals surface area contributed by atoms with Crippen LogP contribution < -0.4 is 5.32 Å². The molecule has 3 heteroatoms. The van der Waals surface area contributed by atoms with Gasteiger partial charge in [-0.1, -0.05) is 19.3 Å². The Morgan fingerprint density at radius 1 is 1.06 bits per heavy atom. The Balaban J connectivity index is 1.65. The van der Waals surface area contributed by atoms with Crippen molar-refractivity contribution in [1.29, 1.82) is 0 Å². The Bertz CT molecular complexity index is 226. The van der Waals surface area contributed by atoms with Gasteiger partial charge in [0.2, 0.25) is 0 Å². The molecule has 1 saturated carbocycles. The van der Waals surface area contributed by atoms with Gasteiger partial charge in [-0.2, -0.15) is 0 Å². The minimum Gasteiger partial charge on any atom is -0.313 e. The van der Waals surface area contributed by atoms with Crippen LogP contribution in [0.15, 0.2) is 0 Å². The van der Waals surface area contributed by atoms with Crippen molar-refractivity contribution >= 4 is 0 Å². The summed E-state index contributed by atoms with van der Waals surface area (Å²) in [5.41, 5.74) is 0. The van der Waals surface area contributed by atoms with Gasteiger partial charge in [-0.25, -0.2) is 0 Å². The van der Waals surface area contributed by atoms with Crippen LogP contribution in [0.5, 0.6) is 0 Å². The topological polar surface area (TPSA) is 18.5 Å². The normalized spacial score (nSPS) is 29.3. The highest BCUT2D eigenvalue weighted by Crippen LogP contribution is 2.17. The average molecular weight is 253 g/mol. The summed E-state index contributed by atoms with van der Waals surface area (Å²) in [6.45, 7) is 8.55. The third kappa shape index (κ3) is 4.52. The fraction of sp³-hybridized carbons (Fsp3) is 1.00. The van der Waals surface area contributed by atoms with Gasteiger partial charge in [0, 0.05) is 31.7 Å². The predicted molar refractivity (Wildman–Crippen MR) is 78.0 cm³/mol. The molecular formula is C15H31N3. The highest BCUT2D eigenvalue weighted by atomic mass is 15.2. The summed E-state index contributed by atoms with van der Waals surface area (Å²) in [6.07, 6.45) is 8.44. The zero-order valence-electron chi connectivity index (χ0n) is 12.3. The minimum absolute atomic E-state index is 0.714. The fourth-order valence-electron chi connectivity index (χ4n) is 3.47. The van der Waals surface area contributed by atoms with Gasteiger partial charge in [-0.05, 0) is 46.3 Å². The van der Waals surface area contributed by atoms with Crippen molar-refractivity contribution in [2.24, 2.45) is 0 Å². The number of rotatable bonds is 4.